The normalized spacial score (nSPS) is 10.5. The summed E-state index contributed by atoms with van der Waals surface area (Å²) in [7, 11) is 0. The molecule has 0 saturated heterocycles. The largest absolute Gasteiger partial charge is 0.494 e. The maximum Gasteiger partial charge on any atom is 0.119 e. The second-order valence-corrected chi connectivity index (χ2v) is 4.30. The van der Waals surface area contributed by atoms with Gasteiger partial charge in [-0.1, -0.05) is 18.2 Å². The number of rotatable bonds is 11. The first-order chi connectivity index (χ1) is 8.93. The fourth-order valence-electron chi connectivity index (χ4n) is 1.48. The Morgan fingerprint density at radius 1 is 0.944 bits per heavy atom. The monoisotopic (exact) mass is 271 g/mol. The van der Waals surface area contributed by atoms with Gasteiger partial charge in [-0.05, 0) is 38.1 Å². The molecule has 0 bridgehead atoms. The molecular weight excluding hydrogens is 250 g/mol. The van der Waals surface area contributed by atoms with Crippen LogP contribution in [0.3, 0.4) is 0 Å². The molecule has 0 aliphatic heterocycles. The van der Waals surface area contributed by atoms with Crippen LogP contribution in [-0.2, 0) is 4.74 Å². The average Bonchev–Trinajstić information content (AvgIpc) is 2.42. The van der Waals surface area contributed by atoms with E-state index < -0.39 is 0 Å². The van der Waals surface area contributed by atoms with Crippen molar-refractivity contribution in [3.63, 3.8) is 0 Å². The van der Waals surface area contributed by atoms with Gasteiger partial charge in [0.15, 0.2) is 0 Å². The summed E-state index contributed by atoms with van der Waals surface area (Å²) in [5.74, 6) is 1.51. The molecule has 18 heavy (non-hydrogen) atoms. The molecule has 1 aromatic carbocycles. The molecule has 0 atom stereocenters. The van der Waals surface area contributed by atoms with E-state index in [4.69, 9.17) is 21.1 Å². The molecule has 1 rings (SSSR count). The van der Waals surface area contributed by atoms with Gasteiger partial charge in [-0.3, -0.25) is 0 Å². The van der Waals surface area contributed by atoms with Crippen molar-refractivity contribution in [3.8, 4) is 5.75 Å². The van der Waals surface area contributed by atoms with Gasteiger partial charge in [0.05, 0.1) is 13.2 Å². The Balaban J connectivity index is 1.82. The molecule has 0 fully saturated rings. The van der Waals surface area contributed by atoms with E-state index in [0.29, 0.717) is 12.5 Å². The Labute approximate surface area is 114 Å². The number of nitrogens with one attached hydrogen (secondary N) is 1. The Morgan fingerprint density at radius 3 is 2.39 bits per heavy atom. The van der Waals surface area contributed by atoms with Crippen LogP contribution in [0.1, 0.15) is 12.8 Å². The standard InChI is InChI=1S/C14H22ClNO2/c15-8-13-17-11-4-9-16-10-5-12-18-14-6-2-1-3-7-14/h1-3,6-7,16H,4-5,8-13H2. The number of hydrogen-bond acceptors (Lipinski definition) is 3. The third kappa shape index (κ3) is 8.34. The van der Waals surface area contributed by atoms with E-state index >= 15 is 0 Å². The molecule has 0 heterocycles. The number of para-hydroxylation sites is 1. The van der Waals surface area contributed by atoms with Crippen LogP contribution in [0.4, 0.5) is 0 Å². The fourth-order valence-corrected chi connectivity index (χ4v) is 1.59. The molecule has 0 aliphatic carbocycles. The van der Waals surface area contributed by atoms with Crippen LogP contribution < -0.4 is 10.1 Å². The highest BCUT2D eigenvalue weighted by molar-refractivity contribution is 6.17. The summed E-state index contributed by atoms with van der Waals surface area (Å²) in [5, 5.41) is 3.36. The van der Waals surface area contributed by atoms with Crippen molar-refractivity contribution in [3.05, 3.63) is 30.3 Å². The molecule has 3 nitrogen and oxygen atoms in total. The summed E-state index contributed by atoms with van der Waals surface area (Å²) in [6, 6.07) is 9.90. The molecule has 0 unspecified atom stereocenters. The van der Waals surface area contributed by atoms with Crippen LogP contribution in [0.15, 0.2) is 30.3 Å². The van der Waals surface area contributed by atoms with E-state index in [0.717, 1.165) is 44.9 Å². The van der Waals surface area contributed by atoms with Crippen molar-refractivity contribution in [2.24, 2.45) is 0 Å². The molecule has 102 valence electrons. The van der Waals surface area contributed by atoms with E-state index in [1.165, 1.54) is 0 Å². The van der Waals surface area contributed by atoms with Crippen LogP contribution in [0.25, 0.3) is 0 Å². The predicted octanol–water partition coefficient (Wildman–Crippen LogP) is 2.69. The first-order valence-corrected chi connectivity index (χ1v) is 6.99. The summed E-state index contributed by atoms with van der Waals surface area (Å²) >= 11 is 5.49. The maximum atomic E-state index is 5.59. The van der Waals surface area contributed by atoms with E-state index in [1.54, 1.807) is 0 Å². The van der Waals surface area contributed by atoms with E-state index in [1.807, 2.05) is 30.3 Å². The fraction of sp³-hybridized carbons (Fsp3) is 0.571. The zero-order chi connectivity index (χ0) is 12.9. The number of benzene rings is 1. The molecule has 0 amide bonds. The lowest BCUT2D eigenvalue weighted by molar-refractivity contribution is 0.146. The Kier molecular flexibility index (Phi) is 9.62. The first kappa shape index (κ1) is 15.3. The van der Waals surface area contributed by atoms with Crippen molar-refractivity contribution in [1.29, 1.82) is 0 Å². The van der Waals surface area contributed by atoms with Gasteiger partial charge in [-0.2, -0.15) is 0 Å². The number of hydrogen-bond donors (Lipinski definition) is 1. The first-order valence-electron chi connectivity index (χ1n) is 6.46. The summed E-state index contributed by atoms with van der Waals surface area (Å²) in [5.41, 5.74) is 0. The minimum absolute atomic E-state index is 0.574. The summed E-state index contributed by atoms with van der Waals surface area (Å²) in [6.07, 6.45) is 2.04. The highest BCUT2D eigenvalue weighted by atomic mass is 35.5. The second-order valence-electron chi connectivity index (χ2n) is 3.92. The highest BCUT2D eigenvalue weighted by Crippen LogP contribution is 2.07. The van der Waals surface area contributed by atoms with Crippen molar-refractivity contribution in [1.82, 2.24) is 5.32 Å². The van der Waals surface area contributed by atoms with E-state index in [9.17, 15) is 0 Å². The van der Waals surface area contributed by atoms with Gasteiger partial charge in [0.2, 0.25) is 0 Å². The topological polar surface area (TPSA) is 30.5 Å². The molecular formula is C14H22ClNO2. The number of ether oxygens (including phenoxy) is 2. The zero-order valence-electron chi connectivity index (χ0n) is 10.7. The Bertz CT molecular complexity index is 282. The quantitative estimate of drug-likeness (QED) is 0.496. The summed E-state index contributed by atoms with van der Waals surface area (Å²) < 4.78 is 10.9. The Hall–Kier alpha value is -0.770. The minimum atomic E-state index is 0.574. The zero-order valence-corrected chi connectivity index (χ0v) is 11.5. The SMILES string of the molecule is ClCCOCCCNCCCOc1ccccc1. The lowest BCUT2D eigenvalue weighted by Crippen LogP contribution is -2.20. The van der Waals surface area contributed by atoms with Gasteiger partial charge in [0.1, 0.15) is 5.75 Å². The molecule has 0 radical (unpaired) electrons. The predicted molar refractivity (Wildman–Crippen MR) is 75.6 cm³/mol. The highest BCUT2D eigenvalue weighted by Gasteiger charge is 1.92. The van der Waals surface area contributed by atoms with E-state index in [-0.39, 0.29) is 0 Å². The lowest BCUT2D eigenvalue weighted by Gasteiger charge is -2.07. The molecule has 4 heteroatoms. The molecule has 0 aliphatic rings. The van der Waals surface area contributed by atoms with Gasteiger partial charge >= 0.3 is 0 Å². The molecule has 0 spiro atoms. The van der Waals surface area contributed by atoms with Crippen LogP contribution >= 0.6 is 11.6 Å². The molecule has 0 saturated carbocycles. The third-order valence-corrected chi connectivity index (χ3v) is 2.53. The van der Waals surface area contributed by atoms with E-state index in [2.05, 4.69) is 5.32 Å². The van der Waals surface area contributed by atoms with Gasteiger partial charge in [-0.25, -0.2) is 0 Å². The minimum Gasteiger partial charge on any atom is -0.494 e. The smallest absolute Gasteiger partial charge is 0.119 e. The second kappa shape index (κ2) is 11.3. The van der Waals surface area contributed by atoms with Crippen molar-refractivity contribution in [2.75, 3.05) is 38.8 Å². The molecule has 0 aromatic heterocycles. The Morgan fingerprint density at radius 2 is 1.67 bits per heavy atom. The van der Waals surface area contributed by atoms with Crippen molar-refractivity contribution >= 4 is 11.6 Å². The van der Waals surface area contributed by atoms with Gasteiger partial charge in [0.25, 0.3) is 0 Å². The van der Waals surface area contributed by atoms with Crippen LogP contribution in [-0.4, -0.2) is 38.8 Å². The summed E-state index contributed by atoms with van der Waals surface area (Å²) in [4.78, 5) is 0. The third-order valence-electron chi connectivity index (χ3n) is 2.37. The van der Waals surface area contributed by atoms with Gasteiger partial charge < -0.3 is 14.8 Å². The average molecular weight is 272 g/mol. The number of alkyl halides is 1. The van der Waals surface area contributed by atoms with Crippen LogP contribution in [0.5, 0.6) is 5.75 Å². The molecule has 1 N–H and O–H groups in total. The summed E-state index contributed by atoms with van der Waals surface area (Å²) in [6.45, 7) is 4.13. The van der Waals surface area contributed by atoms with Crippen molar-refractivity contribution in [2.45, 2.75) is 12.8 Å². The van der Waals surface area contributed by atoms with Gasteiger partial charge in [-0.15, -0.1) is 11.6 Å². The maximum absolute atomic E-state index is 5.59. The van der Waals surface area contributed by atoms with Gasteiger partial charge in [0, 0.05) is 12.5 Å². The van der Waals surface area contributed by atoms with Crippen molar-refractivity contribution < 1.29 is 9.47 Å². The molecule has 1 aromatic rings. The van der Waals surface area contributed by atoms with Crippen LogP contribution in [0.2, 0.25) is 0 Å². The van der Waals surface area contributed by atoms with Crippen LogP contribution in [0, 0.1) is 0 Å². The number of halogens is 1. The lowest BCUT2D eigenvalue weighted by atomic mass is 10.3.